The quantitative estimate of drug-likeness (QED) is 0.937. The predicted octanol–water partition coefficient (Wildman–Crippen LogP) is 2.95. The zero-order valence-electron chi connectivity index (χ0n) is 12.7. The first-order valence-corrected chi connectivity index (χ1v) is 8.28. The van der Waals surface area contributed by atoms with Crippen LogP contribution < -0.4 is 5.32 Å². The van der Waals surface area contributed by atoms with Gasteiger partial charge in [0.15, 0.2) is 5.69 Å². The number of imidazole rings is 1. The van der Waals surface area contributed by atoms with E-state index in [1.807, 2.05) is 28.8 Å². The van der Waals surface area contributed by atoms with Crippen molar-refractivity contribution < 1.29 is 9.53 Å². The van der Waals surface area contributed by atoms with E-state index in [9.17, 15) is 4.79 Å². The summed E-state index contributed by atoms with van der Waals surface area (Å²) in [5, 5.41) is 3.67. The molecule has 1 aromatic heterocycles. The molecule has 1 aliphatic carbocycles. The first-order valence-electron chi connectivity index (χ1n) is 7.90. The highest BCUT2D eigenvalue weighted by molar-refractivity contribution is 6.30. The Morgan fingerprint density at radius 3 is 2.87 bits per heavy atom. The van der Waals surface area contributed by atoms with E-state index in [4.69, 9.17) is 16.3 Å². The third kappa shape index (κ3) is 3.12. The lowest BCUT2D eigenvalue weighted by Gasteiger charge is -2.25. The molecule has 1 atom stereocenters. The number of nitrogens with zero attached hydrogens (tertiary/aromatic N) is 2. The number of benzene rings is 1. The topological polar surface area (TPSA) is 56.2 Å². The number of fused-ring (bicyclic) bond motifs is 1. The van der Waals surface area contributed by atoms with Crippen LogP contribution in [0.15, 0.2) is 30.6 Å². The second-order valence-corrected chi connectivity index (χ2v) is 6.63. The summed E-state index contributed by atoms with van der Waals surface area (Å²) in [4.78, 5) is 16.5. The molecule has 1 saturated carbocycles. The lowest BCUT2D eigenvalue weighted by molar-refractivity contribution is 0.00258. The Bertz CT molecular complexity index is 722. The highest BCUT2D eigenvalue weighted by Gasteiger charge is 2.27. The Balaban J connectivity index is 1.47. The van der Waals surface area contributed by atoms with Crippen molar-refractivity contribution in [2.24, 2.45) is 5.92 Å². The molecule has 0 radical (unpaired) electrons. The minimum Gasteiger partial charge on any atom is -0.365 e. The van der Waals surface area contributed by atoms with E-state index in [0.29, 0.717) is 29.8 Å². The van der Waals surface area contributed by atoms with Gasteiger partial charge >= 0.3 is 0 Å². The van der Waals surface area contributed by atoms with Crippen LogP contribution >= 0.6 is 11.6 Å². The van der Waals surface area contributed by atoms with Gasteiger partial charge in [-0.25, -0.2) is 4.98 Å². The molecule has 2 heterocycles. The van der Waals surface area contributed by atoms with Crippen molar-refractivity contribution in [3.63, 3.8) is 0 Å². The number of amides is 1. The smallest absolute Gasteiger partial charge is 0.271 e. The molecule has 120 valence electrons. The Kier molecular flexibility index (Phi) is 3.83. The first kappa shape index (κ1) is 14.7. The maximum atomic E-state index is 12.2. The zero-order chi connectivity index (χ0) is 15.8. The summed E-state index contributed by atoms with van der Waals surface area (Å²) in [6.45, 7) is 1.79. The van der Waals surface area contributed by atoms with Gasteiger partial charge in [-0.3, -0.25) is 4.79 Å². The Hall–Kier alpha value is -1.85. The van der Waals surface area contributed by atoms with Crippen LogP contribution in [0.2, 0.25) is 5.02 Å². The van der Waals surface area contributed by atoms with Gasteiger partial charge in [-0.2, -0.15) is 0 Å². The van der Waals surface area contributed by atoms with Crippen LogP contribution in [0.4, 0.5) is 0 Å². The Morgan fingerprint density at radius 1 is 1.35 bits per heavy atom. The van der Waals surface area contributed by atoms with Crippen molar-refractivity contribution in [1.82, 2.24) is 14.9 Å². The molecule has 4 rings (SSSR count). The van der Waals surface area contributed by atoms with E-state index in [1.54, 1.807) is 6.33 Å². The standard InChI is InChI=1S/C17H18ClN3O2/c18-13-5-3-12(4-6-13)15-8-21-10-20-16(14(21)9-23-15)17(22)19-7-11-1-2-11/h3-6,10-11,15H,1-2,7-9H2,(H,19,22). The van der Waals surface area contributed by atoms with E-state index in [2.05, 4.69) is 10.3 Å². The van der Waals surface area contributed by atoms with Gasteiger partial charge in [-0.15, -0.1) is 0 Å². The monoisotopic (exact) mass is 331 g/mol. The molecule has 1 N–H and O–H groups in total. The number of halogens is 1. The van der Waals surface area contributed by atoms with Gasteiger partial charge in [0.25, 0.3) is 5.91 Å². The number of aromatic nitrogens is 2. The van der Waals surface area contributed by atoms with E-state index in [0.717, 1.165) is 17.8 Å². The fourth-order valence-corrected chi connectivity index (χ4v) is 2.96. The number of hydrogen-bond acceptors (Lipinski definition) is 3. The number of nitrogens with one attached hydrogen (secondary N) is 1. The molecule has 23 heavy (non-hydrogen) atoms. The third-order valence-corrected chi connectivity index (χ3v) is 4.69. The highest BCUT2D eigenvalue weighted by atomic mass is 35.5. The van der Waals surface area contributed by atoms with Gasteiger partial charge in [-0.1, -0.05) is 23.7 Å². The summed E-state index contributed by atoms with van der Waals surface area (Å²) >= 11 is 5.93. The van der Waals surface area contributed by atoms with Crippen LogP contribution in [-0.2, 0) is 17.9 Å². The summed E-state index contributed by atoms with van der Waals surface area (Å²) in [7, 11) is 0. The van der Waals surface area contributed by atoms with Gasteiger partial charge < -0.3 is 14.6 Å². The van der Waals surface area contributed by atoms with E-state index in [1.165, 1.54) is 12.8 Å². The van der Waals surface area contributed by atoms with Gasteiger partial charge in [0.2, 0.25) is 0 Å². The van der Waals surface area contributed by atoms with Crippen LogP contribution in [0.25, 0.3) is 0 Å². The fourth-order valence-electron chi connectivity index (χ4n) is 2.84. The molecule has 2 aromatic rings. The molecule has 1 amide bonds. The van der Waals surface area contributed by atoms with Gasteiger partial charge in [0.1, 0.15) is 6.10 Å². The Morgan fingerprint density at radius 2 is 2.13 bits per heavy atom. The van der Waals surface area contributed by atoms with Crippen LogP contribution in [0.3, 0.4) is 0 Å². The molecule has 5 nitrogen and oxygen atoms in total. The van der Waals surface area contributed by atoms with Crippen LogP contribution in [0.1, 0.15) is 40.7 Å². The number of carbonyl (C=O) groups is 1. The van der Waals surface area contributed by atoms with E-state index >= 15 is 0 Å². The summed E-state index contributed by atoms with van der Waals surface area (Å²) in [5.41, 5.74) is 2.41. The van der Waals surface area contributed by atoms with Crippen molar-refractivity contribution in [2.45, 2.75) is 32.1 Å². The number of rotatable bonds is 4. The molecular weight excluding hydrogens is 314 g/mol. The number of ether oxygens (including phenoxy) is 1. The van der Waals surface area contributed by atoms with E-state index < -0.39 is 0 Å². The minimum atomic E-state index is -0.0980. The van der Waals surface area contributed by atoms with Crippen molar-refractivity contribution in [3.05, 3.63) is 52.6 Å². The number of carbonyl (C=O) groups excluding carboxylic acids is 1. The molecule has 2 aliphatic rings. The normalized spacial score (nSPS) is 20.1. The van der Waals surface area contributed by atoms with Crippen molar-refractivity contribution in [1.29, 1.82) is 0 Å². The fraction of sp³-hybridized carbons (Fsp3) is 0.412. The average molecular weight is 332 g/mol. The zero-order valence-corrected chi connectivity index (χ0v) is 13.4. The van der Waals surface area contributed by atoms with Gasteiger partial charge in [-0.05, 0) is 36.5 Å². The summed E-state index contributed by atoms with van der Waals surface area (Å²) in [6, 6.07) is 7.66. The minimum absolute atomic E-state index is 0.0451. The molecule has 0 bridgehead atoms. The van der Waals surface area contributed by atoms with Crippen molar-refractivity contribution >= 4 is 17.5 Å². The number of hydrogen-bond donors (Lipinski definition) is 1. The van der Waals surface area contributed by atoms with Crippen LogP contribution in [-0.4, -0.2) is 22.0 Å². The Labute approximate surface area is 139 Å². The molecule has 6 heteroatoms. The summed E-state index contributed by atoms with van der Waals surface area (Å²) in [5.74, 6) is 0.558. The largest absolute Gasteiger partial charge is 0.365 e. The van der Waals surface area contributed by atoms with Crippen molar-refractivity contribution in [2.75, 3.05) is 6.54 Å². The summed E-state index contributed by atoms with van der Waals surface area (Å²) < 4.78 is 7.94. The molecule has 0 saturated heterocycles. The molecule has 1 aromatic carbocycles. The molecule has 1 fully saturated rings. The lowest BCUT2D eigenvalue weighted by Crippen LogP contribution is -2.28. The summed E-state index contributed by atoms with van der Waals surface area (Å²) in [6.07, 6.45) is 4.12. The highest BCUT2D eigenvalue weighted by Crippen LogP contribution is 2.29. The molecule has 1 unspecified atom stereocenters. The third-order valence-electron chi connectivity index (χ3n) is 4.44. The maximum absolute atomic E-state index is 12.2. The van der Waals surface area contributed by atoms with Gasteiger partial charge in [0, 0.05) is 11.6 Å². The molecular formula is C17H18ClN3O2. The van der Waals surface area contributed by atoms with Gasteiger partial charge in [0.05, 0.1) is 25.2 Å². The molecule has 1 aliphatic heterocycles. The van der Waals surface area contributed by atoms with E-state index in [-0.39, 0.29) is 12.0 Å². The predicted molar refractivity (Wildman–Crippen MR) is 86.3 cm³/mol. The van der Waals surface area contributed by atoms with Crippen LogP contribution in [0.5, 0.6) is 0 Å². The average Bonchev–Trinajstić information content (AvgIpc) is 3.30. The lowest BCUT2D eigenvalue weighted by atomic mass is 10.1. The SMILES string of the molecule is O=C(NCC1CC1)c1ncn2c1COC(c1ccc(Cl)cc1)C2. The maximum Gasteiger partial charge on any atom is 0.271 e. The second kappa shape index (κ2) is 5.98. The first-order chi connectivity index (χ1) is 11.2. The molecule has 0 spiro atoms. The van der Waals surface area contributed by atoms with Crippen LogP contribution in [0, 0.1) is 5.92 Å². The van der Waals surface area contributed by atoms with Crippen molar-refractivity contribution in [3.8, 4) is 0 Å². The second-order valence-electron chi connectivity index (χ2n) is 6.20.